The van der Waals surface area contributed by atoms with Gasteiger partial charge in [0.15, 0.2) is 0 Å². The van der Waals surface area contributed by atoms with E-state index >= 15 is 0 Å². The molecule has 1 saturated heterocycles. The molecule has 0 saturated carbocycles. The van der Waals surface area contributed by atoms with Gasteiger partial charge in [-0.1, -0.05) is 17.7 Å². The lowest BCUT2D eigenvalue weighted by Crippen LogP contribution is -2.32. The molecule has 1 aliphatic heterocycles. The first kappa shape index (κ1) is 12.5. The summed E-state index contributed by atoms with van der Waals surface area (Å²) in [5.74, 6) is 1.31. The number of methoxy groups -OCH3 is 1. The second-order valence-electron chi connectivity index (χ2n) is 4.42. The number of pyridine rings is 1. The standard InChI is InChI=1S/C14H13ClNO3/c1-17-14-13(19-8-9-6-18-7-9)12(15)10-4-2-3-5-11(10)16-14/h3-5,9H,6-8H2,1H3. The molecule has 0 bridgehead atoms. The van der Waals surface area contributed by atoms with Crippen molar-refractivity contribution in [2.24, 2.45) is 5.92 Å². The van der Waals surface area contributed by atoms with Crippen molar-refractivity contribution in [1.29, 1.82) is 0 Å². The van der Waals surface area contributed by atoms with E-state index in [2.05, 4.69) is 11.1 Å². The summed E-state index contributed by atoms with van der Waals surface area (Å²) in [6.45, 7) is 2.02. The molecular weight excluding hydrogens is 266 g/mol. The van der Waals surface area contributed by atoms with Crippen LogP contribution in [0.5, 0.6) is 11.6 Å². The fourth-order valence-corrected chi connectivity index (χ4v) is 2.20. The summed E-state index contributed by atoms with van der Waals surface area (Å²) >= 11 is 6.37. The summed E-state index contributed by atoms with van der Waals surface area (Å²) in [5, 5.41) is 1.32. The van der Waals surface area contributed by atoms with Crippen molar-refractivity contribution in [3.63, 3.8) is 0 Å². The van der Waals surface area contributed by atoms with Gasteiger partial charge in [0.05, 0.1) is 37.5 Å². The smallest absolute Gasteiger partial charge is 0.258 e. The SMILES string of the molecule is COc1nc2cc[c]cc2c(Cl)c1OCC1COC1. The van der Waals surface area contributed by atoms with Gasteiger partial charge in [-0.05, 0) is 18.2 Å². The van der Waals surface area contributed by atoms with Crippen LogP contribution in [-0.2, 0) is 4.74 Å². The van der Waals surface area contributed by atoms with E-state index in [-0.39, 0.29) is 0 Å². The maximum absolute atomic E-state index is 6.37. The minimum atomic E-state index is 0.406. The number of benzene rings is 1. The lowest BCUT2D eigenvalue weighted by atomic mass is 10.1. The Kier molecular flexibility index (Phi) is 3.44. The van der Waals surface area contributed by atoms with Crippen molar-refractivity contribution in [2.75, 3.05) is 26.9 Å². The van der Waals surface area contributed by atoms with Crippen molar-refractivity contribution < 1.29 is 14.2 Å². The van der Waals surface area contributed by atoms with Crippen molar-refractivity contribution >= 4 is 22.5 Å². The number of nitrogens with zero attached hydrogens (tertiary/aromatic N) is 1. The van der Waals surface area contributed by atoms with Gasteiger partial charge in [-0.3, -0.25) is 0 Å². The average Bonchev–Trinajstić information content (AvgIpc) is 2.39. The molecule has 4 nitrogen and oxygen atoms in total. The van der Waals surface area contributed by atoms with Crippen LogP contribution in [-0.4, -0.2) is 31.9 Å². The molecule has 2 aromatic rings. The maximum atomic E-state index is 6.37. The Bertz CT molecular complexity index is 599. The molecule has 0 atom stereocenters. The van der Waals surface area contributed by atoms with Crippen LogP contribution in [0.25, 0.3) is 10.9 Å². The van der Waals surface area contributed by atoms with Crippen molar-refractivity contribution in [3.8, 4) is 11.6 Å². The lowest BCUT2D eigenvalue weighted by Gasteiger charge is -2.26. The Labute approximate surface area is 116 Å². The first-order valence-corrected chi connectivity index (χ1v) is 6.41. The molecule has 1 aromatic heterocycles. The number of hydrogen-bond donors (Lipinski definition) is 0. The average molecular weight is 279 g/mol. The number of halogens is 1. The Hall–Kier alpha value is -1.52. The molecule has 0 unspecified atom stereocenters. The monoisotopic (exact) mass is 278 g/mol. The molecule has 5 heteroatoms. The molecule has 3 rings (SSSR count). The van der Waals surface area contributed by atoms with E-state index in [4.69, 9.17) is 25.8 Å². The predicted octanol–water partition coefficient (Wildman–Crippen LogP) is 2.72. The summed E-state index contributed by atoms with van der Waals surface area (Å²) in [6.07, 6.45) is 0. The minimum Gasteiger partial charge on any atom is -0.486 e. The van der Waals surface area contributed by atoms with Gasteiger partial charge in [-0.2, -0.15) is 0 Å². The van der Waals surface area contributed by atoms with Crippen LogP contribution in [0.2, 0.25) is 5.02 Å². The second kappa shape index (κ2) is 5.23. The van der Waals surface area contributed by atoms with Crippen molar-refractivity contribution in [1.82, 2.24) is 4.98 Å². The third kappa shape index (κ3) is 2.33. The van der Waals surface area contributed by atoms with Crippen molar-refractivity contribution in [2.45, 2.75) is 0 Å². The Morgan fingerprint density at radius 1 is 1.53 bits per heavy atom. The first-order chi connectivity index (χ1) is 9.29. The topological polar surface area (TPSA) is 40.6 Å². The largest absolute Gasteiger partial charge is 0.486 e. The molecule has 0 spiro atoms. The zero-order valence-corrected chi connectivity index (χ0v) is 11.2. The number of ether oxygens (including phenoxy) is 3. The molecule has 1 aromatic carbocycles. The number of aromatic nitrogens is 1. The number of hydrogen-bond acceptors (Lipinski definition) is 4. The van der Waals surface area contributed by atoms with Crippen LogP contribution in [0.4, 0.5) is 0 Å². The quantitative estimate of drug-likeness (QED) is 0.862. The zero-order valence-electron chi connectivity index (χ0n) is 10.5. The Balaban J connectivity index is 1.97. The molecule has 1 radical (unpaired) electrons. The molecular formula is C14H13ClNO3. The van der Waals surface area contributed by atoms with Crippen LogP contribution in [0.1, 0.15) is 0 Å². The van der Waals surface area contributed by atoms with E-state index in [0.717, 1.165) is 24.1 Å². The van der Waals surface area contributed by atoms with E-state index in [1.54, 1.807) is 19.2 Å². The third-order valence-corrected chi connectivity index (χ3v) is 3.43. The summed E-state index contributed by atoms with van der Waals surface area (Å²) in [6, 6.07) is 8.41. The molecule has 2 heterocycles. The van der Waals surface area contributed by atoms with E-state index in [9.17, 15) is 0 Å². The highest BCUT2D eigenvalue weighted by atomic mass is 35.5. The second-order valence-corrected chi connectivity index (χ2v) is 4.80. The molecule has 0 N–H and O–H groups in total. The van der Waals surface area contributed by atoms with E-state index in [1.807, 2.05) is 6.07 Å². The van der Waals surface area contributed by atoms with Gasteiger partial charge < -0.3 is 14.2 Å². The molecule has 1 aliphatic rings. The number of fused-ring (bicyclic) bond motifs is 1. The van der Waals surface area contributed by atoms with Gasteiger partial charge in [0.1, 0.15) is 0 Å². The summed E-state index contributed by atoms with van der Waals surface area (Å²) in [7, 11) is 1.55. The van der Waals surface area contributed by atoms with Crippen LogP contribution in [0.15, 0.2) is 18.2 Å². The van der Waals surface area contributed by atoms with Gasteiger partial charge >= 0.3 is 0 Å². The molecule has 1 fully saturated rings. The lowest BCUT2D eigenvalue weighted by molar-refractivity contribution is -0.0511. The molecule has 0 aliphatic carbocycles. The molecule has 0 amide bonds. The van der Waals surface area contributed by atoms with Gasteiger partial charge in [-0.25, -0.2) is 4.98 Å². The van der Waals surface area contributed by atoms with Crippen LogP contribution < -0.4 is 9.47 Å². The summed E-state index contributed by atoms with van der Waals surface area (Å²) in [4.78, 5) is 4.39. The maximum Gasteiger partial charge on any atom is 0.258 e. The van der Waals surface area contributed by atoms with Crippen molar-refractivity contribution in [3.05, 3.63) is 29.3 Å². The summed E-state index contributed by atoms with van der Waals surface area (Å²) < 4.78 is 16.1. The van der Waals surface area contributed by atoms with E-state index in [0.29, 0.717) is 29.2 Å². The highest BCUT2D eigenvalue weighted by Gasteiger charge is 2.22. The highest BCUT2D eigenvalue weighted by Crippen LogP contribution is 2.39. The van der Waals surface area contributed by atoms with E-state index in [1.165, 1.54) is 0 Å². The van der Waals surface area contributed by atoms with Gasteiger partial charge in [0.25, 0.3) is 5.88 Å². The van der Waals surface area contributed by atoms with E-state index < -0.39 is 0 Å². The zero-order chi connectivity index (χ0) is 13.2. The van der Waals surface area contributed by atoms with Gasteiger partial charge in [0.2, 0.25) is 5.75 Å². The minimum absolute atomic E-state index is 0.406. The van der Waals surface area contributed by atoms with Crippen LogP contribution in [0.3, 0.4) is 0 Å². The normalized spacial score (nSPS) is 15.3. The predicted molar refractivity (Wildman–Crippen MR) is 71.9 cm³/mol. The van der Waals surface area contributed by atoms with Gasteiger partial charge in [0, 0.05) is 11.3 Å². The molecule has 99 valence electrons. The van der Waals surface area contributed by atoms with Gasteiger partial charge in [-0.15, -0.1) is 0 Å². The fourth-order valence-electron chi connectivity index (χ4n) is 1.92. The molecule has 19 heavy (non-hydrogen) atoms. The highest BCUT2D eigenvalue weighted by molar-refractivity contribution is 6.37. The number of rotatable bonds is 4. The Morgan fingerprint density at radius 2 is 2.37 bits per heavy atom. The summed E-state index contributed by atoms with van der Waals surface area (Å²) in [5.41, 5.74) is 0.764. The van der Waals surface area contributed by atoms with Crippen LogP contribution in [0, 0.1) is 12.0 Å². The fraction of sp³-hybridized carbons (Fsp3) is 0.357. The van der Waals surface area contributed by atoms with Crippen LogP contribution >= 0.6 is 11.6 Å². The Morgan fingerprint density at radius 3 is 3.05 bits per heavy atom. The third-order valence-electron chi connectivity index (χ3n) is 3.06. The first-order valence-electron chi connectivity index (χ1n) is 6.03.